The van der Waals surface area contributed by atoms with Crippen LogP contribution in [0.4, 0.5) is 5.69 Å². The molecule has 0 fully saturated rings. The van der Waals surface area contributed by atoms with Crippen molar-refractivity contribution >= 4 is 56.9 Å². The molecular formula is C8H6IN3OS. The Kier molecular flexibility index (Phi) is 2.92. The molecule has 2 aromatic rings. The van der Waals surface area contributed by atoms with Crippen LogP contribution in [-0.4, -0.2) is 19.1 Å². The molecule has 6 heteroatoms. The Morgan fingerprint density at radius 2 is 2.36 bits per heavy atom. The number of rotatable bonds is 2. The SMILES string of the molecule is O=C(CI)Nc1cccc2nsnc12. The summed E-state index contributed by atoms with van der Waals surface area (Å²) >= 11 is 3.17. The standard InChI is InChI=1S/C8H6IN3OS/c9-4-7(13)10-5-2-1-3-6-8(5)12-14-11-6/h1-3H,4H2,(H,10,13). The van der Waals surface area contributed by atoms with Crippen molar-refractivity contribution in [2.24, 2.45) is 0 Å². The highest BCUT2D eigenvalue weighted by molar-refractivity contribution is 14.1. The van der Waals surface area contributed by atoms with E-state index in [0.29, 0.717) is 4.43 Å². The summed E-state index contributed by atoms with van der Waals surface area (Å²) in [7, 11) is 0. The molecule has 1 N–H and O–H groups in total. The predicted molar refractivity (Wildman–Crippen MR) is 64.9 cm³/mol. The van der Waals surface area contributed by atoms with Gasteiger partial charge in [0.25, 0.3) is 0 Å². The fraction of sp³-hybridized carbons (Fsp3) is 0.125. The normalized spacial score (nSPS) is 10.4. The summed E-state index contributed by atoms with van der Waals surface area (Å²) in [6.45, 7) is 0. The fourth-order valence-corrected chi connectivity index (χ4v) is 1.83. The van der Waals surface area contributed by atoms with E-state index in [0.717, 1.165) is 28.4 Å². The maximum Gasteiger partial charge on any atom is 0.234 e. The minimum Gasteiger partial charge on any atom is -0.323 e. The van der Waals surface area contributed by atoms with Crippen molar-refractivity contribution in [3.05, 3.63) is 18.2 Å². The first-order chi connectivity index (χ1) is 6.81. The molecule has 4 nitrogen and oxygen atoms in total. The molecule has 0 aliphatic heterocycles. The maximum atomic E-state index is 11.2. The van der Waals surface area contributed by atoms with Crippen molar-refractivity contribution in [1.82, 2.24) is 8.75 Å². The molecule has 0 radical (unpaired) electrons. The zero-order valence-electron chi connectivity index (χ0n) is 7.03. The number of carbonyl (C=O) groups is 1. The topological polar surface area (TPSA) is 54.9 Å². The number of carbonyl (C=O) groups excluding carboxylic acids is 1. The van der Waals surface area contributed by atoms with E-state index >= 15 is 0 Å². The van der Waals surface area contributed by atoms with Gasteiger partial charge in [0.15, 0.2) is 0 Å². The van der Waals surface area contributed by atoms with Crippen molar-refractivity contribution < 1.29 is 4.79 Å². The zero-order chi connectivity index (χ0) is 9.97. The Labute approximate surface area is 98.2 Å². The third kappa shape index (κ3) is 1.85. The van der Waals surface area contributed by atoms with Crippen LogP contribution in [0.15, 0.2) is 18.2 Å². The van der Waals surface area contributed by atoms with E-state index in [2.05, 4.69) is 14.1 Å². The molecule has 0 saturated carbocycles. The van der Waals surface area contributed by atoms with Crippen molar-refractivity contribution in [2.45, 2.75) is 0 Å². The van der Waals surface area contributed by atoms with E-state index in [9.17, 15) is 4.79 Å². The largest absolute Gasteiger partial charge is 0.323 e. The van der Waals surface area contributed by atoms with Crippen LogP contribution >= 0.6 is 34.3 Å². The number of alkyl halides is 1. The quantitative estimate of drug-likeness (QED) is 0.681. The summed E-state index contributed by atoms with van der Waals surface area (Å²) in [5.41, 5.74) is 2.31. The van der Waals surface area contributed by atoms with Crippen molar-refractivity contribution in [2.75, 3.05) is 9.74 Å². The first kappa shape index (κ1) is 9.78. The second kappa shape index (κ2) is 4.18. The molecule has 0 aliphatic rings. The molecule has 0 saturated heterocycles. The predicted octanol–water partition coefficient (Wildman–Crippen LogP) is 2.06. The summed E-state index contributed by atoms with van der Waals surface area (Å²) in [6.07, 6.45) is 0. The van der Waals surface area contributed by atoms with Crippen LogP contribution in [0.1, 0.15) is 0 Å². The first-order valence-corrected chi connectivity index (χ1v) is 6.14. The molecule has 1 aromatic carbocycles. The van der Waals surface area contributed by atoms with Crippen LogP contribution in [0, 0.1) is 0 Å². The van der Waals surface area contributed by atoms with Crippen molar-refractivity contribution in [3.63, 3.8) is 0 Å². The Bertz CT molecular complexity index is 470. The van der Waals surface area contributed by atoms with Gasteiger partial charge < -0.3 is 5.32 Å². The number of halogens is 1. The third-order valence-corrected chi connectivity index (χ3v) is 2.92. The molecule has 1 amide bonds. The van der Waals surface area contributed by atoms with E-state index in [1.807, 2.05) is 40.8 Å². The van der Waals surface area contributed by atoms with Gasteiger partial charge in [0, 0.05) is 0 Å². The number of nitrogens with zero attached hydrogens (tertiary/aromatic N) is 2. The molecule has 0 aliphatic carbocycles. The van der Waals surface area contributed by atoms with Gasteiger partial charge in [-0.25, -0.2) is 0 Å². The van der Waals surface area contributed by atoms with E-state index in [-0.39, 0.29) is 5.91 Å². The summed E-state index contributed by atoms with van der Waals surface area (Å²) in [4.78, 5) is 11.2. The third-order valence-electron chi connectivity index (χ3n) is 1.68. The number of hydrogen-bond donors (Lipinski definition) is 1. The van der Waals surface area contributed by atoms with Gasteiger partial charge in [0.2, 0.25) is 5.91 Å². The summed E-state index contributed by atoms with van der Waals surface area (Å²) in [5, 5.41) is 2.78. The van der Waals surface area contributed by atoms with E-state index in [1.165, 1.54) is 0 Å². The van der Waals surface area contributed by atoms with Gasteiger partial charge in [-0.15, -0.1) is 0 Å². The van der Waals surface area contributed by atoms with Gasteiger partial charge >= 0.3 is 0 Å². The van der Waals surface area contributed by atoms with Gasteiger partial charge in [-0.1, -0.05) is 28.7 Å². The van der Waals surface area contributed by atoms with E-state index in [1.54, 1.807) is 0 Å². The number of hydrogen-bond acceptors (Lipinski definition) is 4. The van der Waals surface area contributed by atoms with Crippen LogP contribution in [-0.2, 0) is 4.79 Å². The molecule has 1 aromatic heterocycles. The minimum absolute atomic E-state index is 0.0221. The molecule has 72 valence electrons. The van der Waals surface area contributed by atoms with Crippen LogP contribution in [0.5, 0.6) is 0 Å². The molecule has 0 unspecified atom stereocenters. The van der Waals surface area contributed by atoms with Gasteiger partial charge in [-0.05, 0) is 12.1 Å². The molecule has 0 spiro atoms. The number of aromatic nitrogens is 2. The Balaban J connectivity index is 2.41. The van der Waals surface area contributed by atoms with Crippen molar-refractivity contribution in [3.8, 4) is 0 Å². The van der Waals surface area contributed by atoms with E-state index < -0.39 is 0 Å². The van der Waals surface area contributed by atoms with Crippen LogP contribution in [0.25, 0.3) is 11.0 Å². The fourth-order valence-electron chi connectivity index (χ4n) is 1.09. The second-order valence-corrected chi connectivity index (χ2v) is 3.91. The monoisotopic (exact) mass is 319 g/mol. The molecular weight excluding hydrogens is 313 g/mol. The number of nitrogens with one attached hydrogen (secondary N) is 1. The minimum atomic E-state index is -0.0221. The Hall–Kier alpha value is -0.760. The lowest BCUT2D eigenvalue weighted by molar-refractivity contribution is -0.113. The first-order valence-electron chi connectivity index (χ1n) is 3.88. The molecule has 1 heterocycles. The molecule has 0 bridgehead atoms. The Morgan fingerprint density at radius 3 is 3.14 bits per heavy atom. The smallest absolute Gasteiger partial charge is 0.234 e. The number of anilines is 1. The molecule has 0 atom stereocenters. The van der Waals surface area contributed by atoms with Gasteiger partial charge in [0.1, 0.15) is 11.0 Å². The zero-order valence-corrected chi connectivity index (χ0v) is 10.0. The second-order valence-electron chi connectivity index (χ2n) is 2.62. The van der Waals surface area contributed by atoms with Crippen molar-refractivity contribution in [1.29, 1.82) is 0 Å². The summed E-state index contributed by atoms with van der Waals surface area (Å²) in [5.74, 6) is -0.0221. The molecule has 2 rings (SSSR count). The average Bonchev–Trinajstić information content (AvgIpc) is 2.66. The summed E-state index contributed by atoms with van der Waals surface area (Å²) in [6, 6.07) is 5.55. The number of fused-ring (bicyclic) bond motifs is 1. The Morgan fingerprint density at radius 1 is 1.50 bits per heavy atom. The average molecular weight is 319 g/mol. The van der Waals surface area contributed by atoms with Crippen LogP contribution in [0.3, 0.4) is 0 Å². The molecule has 14 heavy (non-hydrogen) atoms. The lowest BCUT2D eigenvalue weighted by Gasteiger charge is -2.02. The van der Waals surface area contributed by atoms with E-state index in [4.69, 9.17) is 0 Å². The summed E-state index contributed by atoms with van der Waals surface area (Å²) < 4.78 is 8.65. The number of benzene rings is 1. The highest BCUT2D eigenvalue weighted by Gasteiger charge is 2.06. The van der Waals surface area contributed by atoms with Gasteiger partial charge in [-0.2, -0.15) is 8.75 Å². The van der Waals surface area contributed by atoms with Crippen LogP contribution in [0.2, 0.25) is 0 Å². The highest BCUT2D eigenvalue weighted by Crippen LogP contribution is 2.20. The van der Waals surface area contributed by atoms with Gasteiger partial charge in [-0.3, -0.25) is 4.79 Å². The van der Waals surface area contributed by atoms with Crippen LogP contribution < -0.4 is 5.32 Å². The number of amides is 1. The van der Waals surface area contributed by atoms with Gasteiger partial charge in [0.05, 0.1) is 21.8 Å². The lowest BCUT2D eigenvalue weighted by Crippen LogP contribution is -2.12. The lowest BCUT2D eigenvalue weighted by atomic mass is 10.2. The highest BCUT2D eigenvalue weighted by atomic mass is 127. The maximum absolute atomic E-state index is 11.2.